The molecule has 2 N–H and O–H groups in total. The molecular weight excluding hydrogens is 268 g/mol. The highest BCUT2D eigenvalue weighted by atomic mass is 32.2. The summed E-state index contributed by atoms with van der Waals surface area (Å²) in [7, 11) is -2.73. The van der Waals surface area contributed by atoms with E-state index in [2.05, 4.69) is 14.4 Å². The first kappa shape index (κ1) is 14.0. The fourth-order valence-corrected chi connectivity index (χ4v) is 3.40. The minimum absolute atomic E-state index is 0.218. The lowest BCUT2D eigenvalue weighted by Gasteiger charge is -2.10. The number of hydrogen-bond acceptors (Lipinski definition) is 7. The van der Waals surface area contributed by atoms with Gasteiger partial charge in [-0.25, -0.2) is 22.9 Å². The molecule has 1 atom stereocenters. The molecule has 0 aliphatic heterocycles. The molecule has 1 heterocycles. The Morgan fingerprint density at radius 3 is 2.88 bits per heavy atom. The summed E-state index contributed by atoms with van der Waals surface area (Å²) in [6, 6.07) is -0.646. The predicted octanol–water partition coefficient (Wildman–Crippen LogP) is -0.411. The lowest BCUT2D eigenvalue weighted by atomic mass is 10.4. The number of aliphatic hydroxyl groups is 1. The summed E-state index contributed by atoms with van der Waals surface area (Å²) < 4.78 is 30.1. The molecule has 0 saturated heterocycles. The molecule has 0 unspecified atom stereocenters. The van der Waals surface area contributed by atoms with E-state index in [4.69, 9.17) is 5.11 Å². The van der Waals surface area contributed by atoms with Gasteiger partial charge in [-0.15, -0.1) is 11.3 Å². The van der Waals surface area contributed by atoms with Gasteiger partial charge in [0.15, 0.2) is 9.90 Å². The molecule has 1 aromatic rings. The van der Waals surface area contributed by atoms with Crippen molar-refractivity contribution in [2.24, 2.45) is 0 Å². The van der Waals surface area contributed by atoms with Crippen LogP contribution in [0.4, 0.5) is 0 Å². The predicted molar refractivity (Wildman–Crippen MR) is 60.3 cm³/mol. The molecule has 0 amide bonds. The lowest BCUT2D eigenvalue weighted by Crippen LogP contribution is -2.35. The van der Waals surface area contributed by atoms with Crippen molar-refractivity contribution in [2.45, 2.75) is 17.2 Å². The Bertz CT molecular complexity index is 496. The van der Waals surface area contributed by atoms with Gasteiger partial charge in [-0.1, -0.05) is 0 Å². The van der Waals surface area contributed by atoms with Gasteiger partial charge in [0.25, 0.3) is 10.0 Å². The Hall–Kier alpha value is -1.03. The summed E-state index contributed by atoms with van der Waals surface area (Å²) in [6.07, 6.45) is 0. The summed E-state index contributed by atoms with van der Waals surface area (Å²) >= 11 is 0.809. The first-order chi connectivity index (χ1) is 7.92. The van der Waals surface area contributed by atoms with E-state index in [0.29, 0.717) is 0 Å². The van der Waals surface area contributed by atoms with Crippen LogP contribution >= 0.6 is 11.3 Å². The molecule has 0 radical (unpaired) electrons. The number of carbonyl (C=O) groups is 1. The van der Waals surface area contributed by atoms with Crippen LogP contribution in [0.25, 0.3) is 0 Å². The van der Waals surface area contributed by atoms with Crippen molar-refractivity contribution in [3.63, 3.8) is 0 Å². The Kier molecular flexibility index (Phi) is 4.57. The standard InChI is InChI=1S/C8H12N2O5S2/c1-5(3-11)10-17(13,14)8-6(7(12)15-2)9-4-16-8/h4-5,10-11H,3H2,1-2H3/t5-/m1/s1. The molecule has 0 aliphatic carbocycles. The number of thiazole rings is 1. The number of methoxy groups -OCH3 is 1. The van der Waals surface area contributed by atoms with Crippen LogP contribution in [0, 0.1) is 0 Å². The number of carbonyl (C=O) groups excluding carboxylic acids is 1. The van der Waals surface area contributed by atoms with Crippen molar-refractivity contribution >= 4 is 27.3 Å². The zero-order valence-electron chi connectivity index (χ0n) is 9.21. The van der Waals surface area contributed by atoms with E-state index in [1.807, 2.05) is 0 Å². The number of sulfonamides is 1. The highest BCUT2D eigenvalue weighted by Gasteiger charge is 2.27. The minimum atomic E-state index is -3.87. The summed E-state index contributed by atoms with van der Waals surface area (Å²) in [5, 5.41) is 8.79. The van der Waals surface area contributed by atoms with Crippen LogP contribution in [0.1, 0.15) is 17.4 Å². The zero-order chi connectivity index (χ0) is 13.1. The van der Waals surface area contributed by atoms with Crippen LogP contribution in [0.15, 0.2) is 9.72 Å². The molecule has 1 aromatic heterocycles. The topological polar surface area (TPSA) is 106 Å². The first-order valence-corrected chi connectivity index (χ1v) is 6.93. The SMILES string of the molecule is COC(=O)c1ncsc1S(=O)(=O)N[C@H](C)CO. The zero-order valence-corrected chi connectivity index (χ0v) is 10.8. The van der Waals surface area contributed by atoms with E-state index in [-0.39, 0.29) is 16.5 Å². The normalized spacial score (nSPS) is 13.4. The second-order valence-corrected chi connectivity index (χ2v) is 5.95. The number of aromatic nitrogens is 1. The number of ether oxygens (including phenoxy) is 1. The highest BCUT2D eigenvalue weighted by Crippen LogP contribution is 2.20. The second-order valence-electron chi connectivity index (χ2n) is 3.18. The number of nitrogens with zero attached hydrogens (tertiary/aromatic N) is 1. The average Bonchev–Trinajstić information content (AvgIpc) is 2.76. The van der Waals surface area contributed by atoms with Crippen molar-refractivity contribution in [2.75, 3.05) is 13.7 Å². The van der Waals surface area contributed by atoms with E-state index in [0.717, 1.165) is 18.4 Å². The molecule has 96 valence electrons. The molecule has 0 saturated carbocycles. The molecule has 17 heavy (non-hydrogen) atoms. The molecule has 9 heteroatoms. The fourth-order valence-electron chi connectivity index (χ4n) is 1.01. The van der Waals surface area contributed by atoms with E-state index in [9.17, 15) is 13.2 Å². The first-order valence-electron chi connectivity index (χ1n) is 4.57. The highest BCUT2D eigenvalue weighted by molar-refractivity contribution is 7.91. The third-order valence-electron chi connectivity index (χ3n) is 1.79. The molecule has 7 nitrogen and oxygen atoms in total. The monoisotopic (exact) mass is 280 g/mol. The van der Waals surface area contributed by atoms with Gasteiger partial charge < -0.3 is 9.84 Å². The number of aliphatic hydroxyl groups excluding tert-OH is 1. The van der Waals surface area contributed by atoms with Gasteiger partial charge in [0.1, 0.15) is 0 Å². The minimum Gasteiger partial charge on any atom is -0.464 e. The summed E-state index contributed by atoms with van der Waals surface area (Å²) in [6.45, 7) is 1.15. The third kappa shape index (κ3) is 3.22. The van der Waals surface area contributed by atoms with Gasteiger partial charge in [-0.2, -0.15) is 0 Å². The quantitative estimate of drug-likeness (QED) is 0.710. The molecule has 0 fully saturated rings. The average molecular weight is 280 g/mol. The molecular formula is C8H12N2O5S2. The summed E-state index contributed by atoms with van der Waals surface area (Å²) in [5.74, 6) is -0.816. The lowest BCUT2D eigenvalue weighted by molar-refractivity contribution is 0.0590. The van der Waals surface area contributed by atoms with Crippen molar-refractivity contribution in [1.29, 1.82) is 0 Å². The molecule has 0 spiro atoms. The molecule has 0 bridgehead atoms. The molecule has 0 aromatic carbocycles. The van der Waals surface area contributed by atoms with Gasteiger partial charge in [0.05, 0.1) is 19.2 Å². The summed E-state index contributed by atoms with van der Waals surface area (Å²) in [4.78, 5) is 14.9. The van der Waals surface area contributed by atoms with E-state index in [1.165, 1.54) is 12.4 Å². The number of rotatable bonds is 5. The largest absolute Gasteiger partial charge is 0.464 e. The van der Waals surface area contributed by atoms with Crippen LogP contribution in [-0.4, -0.2) is 44.2 Å². The maximum Gasteiger partial charge on any atom is 0.358 e. The van der Waals surface area contributed by atoms with Gasteiger partial charge >= 0.3 is 5.97 Å². The van der Waals surface area contributed by atoms with Gasteiger partial charge in [0, 0.05) is 6.04 Å². The number of esters is 1. The Labute approximate surface area is 102 Å². The van der Waals surface area contributed by atoms with Crippen LogP contribution < -0.4 is 4.72 Å². The Balaban J connectivity index is 3.08. The molecule has 0 aliphatic rings. The Morgan fingerprint density at radius 1 is 1.71 bits per heavy atom. The summed E-state index contributed by atoms with van der Waals surface area (Å²) in [5.41, 5.74) is 0.986. The van der Waals surface area contributed by atoms with Crippen molar-refractivity contribution < 1.29 is 23.1 Å². The molecule has 1 rings (SSSR count). The van der Waals surface area contributed by atoms with E-state index < -0.39 is 22.0 Å². The number of hydrogen-bond donors (Lipinski definition) is 2. The van der Waals surface area contributed by atoms with E-state index in [1.54, 1.807) is 0 Å². The van der Waals surface area contributed by atoms with Gasteiger partial charge in [-0.3, -0.25) is 0 Å². The number of nitrogens with one attached hydrogen (secondary N) is 1. The maximum atomic E-state index is 11.8. The van der Waals surface area contributed by atoms with Crippen molar-refractivity contribution in [3.8, 4) is 0 Å². The third-order valence-corrected chi connectivity index (χ3v) is 4.75. The van der Waals surface area contributed by atoms with E-state index >= 15 is 0 Å². The maximum absolute atomic E-state index is 11.8. The van der Waals surface area contributed by atoms with Crippen molar-refractivity contribution in [1.82, 2.24) is 9.71 Å². The van der Waals surface area contributed by atoms with Crippen molar-refractivity contribution in [3.05, 3.63) is 11.2 Å². The van der Waals surface area contributed by atoms with Crippen LogP contribution in [0.5, 0.6) is 0 Å². The van der Waals surface area contributed by atoms with Gasteiger partial charge in [0.2, 0.25) is 0 Å². The Morgan fingerprint density at radius 2 is 2.35 bits per heavy atom. The fraction of sp³-hybridized carbons (Fsp3) is 0.500. The second kappa shape index (κ2) is 5.54. The van der Waals surface area contributed by atoms with Gasteiger partial charge in [-0.05, 0) is 6.92 Å². The van der Waals surface area contributed by atoms with Crippen LogP contribution in [0.2, 0.25) is 0 Å². The van der Waals surface area contributed by atoms with Crippen LogP contribution in [-0.2, 0) is 14.8 Å². The van der Waals surface area contributed by atoms with Crippen LogP contribution in [0.3, 0.4) is 0 Å². The smallest absolute Gasteiger partial charge is 0.358 e.